The van der Waals surface area contributed by atoms with Crippen LogP contribution in [-0.4, -0.2) is 25.4 Å². The minimum absolute atomic E-state index is 0.0350. The maximum Gasteiger partial charge on any atom is 0.0977 e. The van der Waals surface area contributed by atoms with E-state index in [0.29, 0.717) is 6.10 Å². The van der Waals surface area contributed by atoms with Gasteiger partial charge < -0.3 is 15.2 Å². The van der Waals surface area contributed by atoms with Crippen LogP contribution < -0.4 is 5.73 Å². The fourth-order valence-electron chi connectivity index (χ4n) is 2.84. The first kappa shape index (κ1) is 16.0. The fourth-order valence-corrected chi connectivity index (χ4v) is 3.25. The number of rotatable bonds is 5. The standard InChI is InChI=1S/C16H24BrNO2/c1-11(18)16(12-5-3-6-13(17)9-12)20-15-8-4-7-14(10-15)19-2/h3,5-6,9,11,14-16H,4,7-8,10,18H2,1-2H3. The molecular formula is C16H24BrNO2. The Bertz CT molecular complexity index is 425. The Hall–Kier alpha value is -0.420. The van der Waals surface area contributed by atoms with Crippen molar-refractivity contribution in [3.8, 4) is 0 Å². The number of halogens is 1. The highest BCUT2D eigenvalue weighted by atomic mass is 79.9. The molecular weight excluding hydrogens is 318 g/mol. The van der Waals surface area contributed by atoms with Gasteiger partial charge in [-0.1, -0.05) is 28.1 Å². The fraction of sp³-hybridized carbons (Fsp3) is 0.625. The summed E-state index contributed by atoms with van der Waals surface area (Å²) in [5, 5.41) is 0. The van der Waals surface area contributed by atoms with Crippen molar-refractivity contribution in [2.75, 3.05) is 7.11 Å². The Morgan fingerprint density at radius 1 is 1.30 bits per heavy atom. The van der Waals surface area contributed by atoms with Crippen molar-refractivity contribution in [2.45, 2.75) is 57.0 Å². The first-order chi connectivity index (χ1) is 9.60. The second-order valence-electron chi connectivity index (χ2n) is 5.62. The summed E-state index contributed by atoms with van der Waals surface area (Å²) in [6.07, 6.45) is 4.86. The molecule has 2 rings (SSSR count). The maximum atomic E-state index is 6.30. The molecule has 0 aromatic heterocycles. The van der Waals surface area contributed by atoms with E-state index in [1.165, 1.54) is 0 Å². The Labute approximate surface area is 130 Å². The summed E-state index contributed by atoms with van der Waals surface area (Å²) in [4.78, 5) is 0. The summed E-state index contributed by atoms with van der Waals surface area (Å²) in [5.74, 6) is 0. The highest BCUT2D eigenvalue weighted by Gasteiger charge is 2.27. The minimum Gasteiger partial charge on any atom is -0.381 e. The molecule has 4 unspecified atom stereocenters. The molecule has 4 atom stereocenters. The smallest absolute Gasteiger partial charge is 0.0977 e. The number of nitrogens with two attached hydrogens (primary N) is 1. The third-order valence-corrected chi connectivity index (χ3v) is 4.40. The van der Waals surface area contributed by atoms with E-state index in [1.54, 1.807) is 7.11 Å². The number of hydrogen-bond donors (Lipinski definition) is 1. The molecule has 0 spiro atoms. The summed E-state index contributed by atoms with van der Waals surface area (Å²) < 4.78 is 12.8. The second-order valence-corrected chi connectivity index (χ2v) is 6.53. The van der Waals surface area contributed by atoms with Crippen molar-refractivity contribution in [3.05, 3.63) is 34.3 Å². The van der Waals surface area contributed by atoms with Gasteiger partial charge in [0.15, 0.2) is 0 Å². The van der Waals surface area contributed by atoms with Crippen LogP contribution >= 0.6 is 15.9 Å². The predicted octanol–water partition coefficient (Wildman–Crippen LogP) is 3.81. The van der Waals surface area contributed by atoms with Crippen molar-refractivity contribution >= 4 is 15.9 Å². The van der Waals surface area contributed by atoms with E-state index in [-0.39, 0.29) is 18.2 Å². The SMILES string of the molecule is COC1CCCC(OC(c2cccc(Br)c2)C(C)N)C1. The van der Waals surface area contributed by atoms with Gasteiger partial charge in [-0.25, -0.2) is 0 Å². The average molecular weight is 342 g/mol. The molecule has 3 nitrogen and oxygen atoms in total. The Morgan fingerprint density at radius 3 is 2.70 bits per heavy atom. The molecule has 1 saturated carbocycles. The normalized spacial score (nSPS) is 26.2. The highest BCUT2D eigenvalue weighted by Crippen LogP contribution is 2.30. The predicted molar refractivity (Wildman–Crippen MR) is 84.7 cm³/mol. The summed E-state index contributed by atoms with van der Waals surface area (Å²) in [5.41, 5.74) is 7.26. The molecule has 2 N–H and O–H groups in total. The zero-order chi connectivity index (χ0) is 14.5. The van der Waals surface area contributed by atoms with Gasteiger partial charge in [0.25, 0.3) is 0 Å². The van der Waals surface area contributed by atoms with Gasteiger partial charge in [-0.2, -0.15) is 0 Å². The highest BCUT2D eigenvalue weighted by molar-refractivity contribution is 9.10. The minimum atomic E-state index is -0.0619. The molecule has 0 saturated heterocycles. The van der Waals surface area contributed by atoms with E-state index in [2.05, 4.69) is 28.1 Å². The average Bonchev–Trinajstić information content (AvgIpc) is 2.44. The van der Waals surface area contributed by atoms with Gasteiger partial charge in [-0.05, 0) is 50.3 Å². The largest absolute Gasteiger partial charge is 0.381 e. The van der Waals surface area contributed by atoms with Gasteiger partial charge in [-0.3, -0.25) is 0 Å². The third-order valence-electron chi connectivity index (χ3n) is 3.91. The summed E-state index contributed by atoms with van der Waals surface area (Å²) in [6, 6.07) is 8.17. The van der Waals surface area contributed by atoms with Crippen LogP contribution in [0.25, 0.3) is 0 Å². The van der Waals surface area contributed by atoms with E-state index in [0.717, 1.165) is 35.7 Å². The molecule has 0 amide bonds. The van der Waals surface area contributed by atoms with Crippen LogP contribution in [0.3, 0.4) is 0 Å². The Balaban J connectivity index is 2.06. The number of ether oxygens (including phenoxy) is 2. The lowest BCUT2D eigenvalue weighted by Crippen LogP contribution is -2.34. The monoisotopic (exact) mass is 341 g/mol. The van der Waals surface area contributed by atoms with E-state index < -0.39 is 0 Å². The molecule has 1 aromatic carbocycles. The molecule has 0 heterocycles. The summed E-state index contributed by atoms with van der Waals surface area (Å²) in [7, 11) is 1.78. The van der Waals surface area contributed by atoms with Crippen molar-refractivity contribution in [2.24, 2.45) is 5.73 Å². The van der Waals surface area contributed by atoms with Crippen LogP contribution in [0.1, 0.15) is 44.3 Å². The van der Waals surface area contributed by atoms with Crippen molar-refractivity contribution in [1.82, 2.24) is 0 Å². The van der Waals surface area contributed by atoms with Gasteiger partial charge in [-0.15, -0.1) is 0 Å². The number of benzene rings is 1. The lowest BCUT2D eigenvalue weighted by atomic mass is 9.94. The van der Waals surface area contributed by atoms with Crippen LogP contribution in [0.4, 0.5) is 0 Å². The molecule has 1 fully saturated rings. The molecule has 1 aliphatic rings. The van der Waals surface area contributed by atoms with Crippen molar-refractivity contribution < 1.29 is 9.47 Å². The van der Waals surface area contributed by atoms with Crippen LogP contribution in [0.2, 0.25) is 0 Å². The molecule has 0 radical (unpaired) electrons. The first-order valence-electron chi connectivity index (χ1n) is 7.29. The zero-order valence-electron chi connectivity index (χ0n) is 12.2. The van der Waals surface area contributed by atoms with Crippen LogP contribution in [-0.2, 0) is 9.47 Å². The van der Waals surface area contributed by atoms with Crippen molar-refractivity contribution in [3.63, 3.8) is 0 Å². The van der Waals surface area contributed by atoms with E-state index in [4.69, 9.17) is 15.2 Å². The van der Waals surface area contributed by atoms with Crippen LogP contribution in [0, 0.1) is 0 Å². The van der Waals surface area contributed by atoms with Crippen molar-refractivity contribution in [1.29, 1.82) is 0 Å². The van der Waals surface area contributed by atoms with Gasteiger partial charge in [0.05, 0.1) is 18.3 Å². The molecule has 1 aromatic rings. The van der Waals surface area contributed by atoms with Gasteiger partial charge in [0.1, 0.15) is 0 Å². The maximum absolute atomic E-state index is 6.30. The Kier molecular flexibility index (Phi) is 6.02. The first-order valence-corrected chi connectivity index (χ1v) is 8.08. The zero-order valence-corrected chi connectivity index (χ0v) is 13.8. The van der Waals surface area contributed by atoms with E-state index in [9.17, 15) is 0 Å². The topological polar surface area (TPSA) is 44.5 Å². The Morgan fingerprint density at radius 2 is 2.05 bits per heavy atom. The molecule has 0 bridgehead atoms. The van der Waals surface area contributed by atoms with E-state index >= 15 is 0 Å². The summed E-state index contributed by atoms with van der Waals surface area (Å²) in [6.45, 7) is 2.00. The van der Waals surface area contributed by atoms with E-state index in [1.807, 2.05) is 19.1 Å². The lowest BCUT2D eigenvalue weighted by molar-refractivity contribution is -0.0725. The molecule has 0 aliphatic heterocycles. The lowest BCUT2D eigenvalue weighted by Gasteiger charge is -2.33. The number of methoxy groups -OCH3 is 1. The number of hydrogen-bond acceptors (Lipinski definition) is 3. The van der Waals surface area contributed by atoms with Crippen LogP contribution in [0.5, 0.6) is 0 Å². The molecule has 4 heteroatoms. The van der Waals surface area contributed by atoms with Gasteiger partial charge >= 0.3 is 0 Å². The van der Waals surface area contributed by atoms with Gasteiger partial charge in [0, 0.05) is 17.6 Å². The quantitative estimate of drug-likeness (QED) is 0.885. The molecule has 112 valence electrons. The second kappa shape index (κ2) is 7.55. The van der Waals surface area contributed by atoms with Gasteiger partial charge in [0.2, 0.25) is 0 Å². The third kappa shape index (κ3) is 4.29. The summed E-state index contributed by atoms with van der Waals surface area (Å²) >= 11 is 3.51. The molecule has 20 heavy (non-hydrogen) atoms. The molecule has 1 aliphatic carbocycles. The van der Waals surface area contributed by atoms with Crippen LogP contribution in [0.15, 0.2) is 28.7 Å².